The second kappa shape index (κ2) is 8.85. The van der Waals surface area contributed by atoms with Crippen molar-refractivity contribution in [3.63, 3.8) is 0 Å². The van der Waals surface area contributed by atoms with Gasteiger partial charge in [-0.25, -0.2) is 0 Å². The third-order valence-electron chi connectivity index (χ3n) is 2.18. The number of nitrogens with one attached hydrogen (secondary N) is 1. The highest BCUT2D eigenvalue weighted by atomic mass is 32.2. The van der Waals surface area contributed by atoms with Crippen LogP contribution >= 0.6 is 11.8 Å². The Hall–Kier alpha value is 0.270. The largest absolute Gasteiger partial charge is 0.395 e. The van der Waals surface area contributed by atoms with Gasteiger partial charge in [0.15, 0.2) is 0 Å². The van der Waals surface area contributed by atoms with Gasteiger partial charge in [-0.2, -0.15) is 11.8 Å². The van der Waals surface area contributed by atoms with E-state index < -0.39 is 0 Å². The number of rotatable bonds is 8. The Kier molecular flexibility index (Phi) is 9.03. The van der Waals surface area contributed by atoms with Gasteiger partial charge in [0.05, 0.1) is 6.61 Å². The van der Waals surface area contributed by atoms with Crippen molar-refractivity contribution >= 4 is 11.8 Å². The minimum Gasteiger partial charge on any atom is -0.395 e. The zero-order valence-corrected chi connectivity index (χ0v) is 9.86. The van der Waals surface area contributed by atoms with Gasteiger partial charge < -0.3 is 10.4 Å². The first kappa shape index (κ1) is 13.3. The van der Waals surface area contributed by atoms with Crippen LogP contribution in [0.4, 0.5) is 0 Å². The molecular formula is C10H23NOS. The first-order valence-electron chi connectivity index (χ1n) is 5.05. The first-order valence-corrected chi connectivity index (χ1v) is 6.45. The molecule has 0 bridgehead atoms. The summed E-state index contributed by atoms with van der Waals surface area (Å²) in [5.41, 5.74) is 0. The van der Waals surface area contributed by atoms with E-state index in [4.69, 9.17) is 5.11 Å². The molecule has 2 N–H and O–H groups in total. The van der Waals surface area contributed by atoms with Crippen molar-refractivity contribution in [2.24, 2.45) is 5.92 Å². The molecule has 0 aliphatic rings. The molecule has 0 aliphatic carbocycles. The molecule has 0 fully saturated rings. The molecule has 0 saturated carbocycles. The third-order valence-corrected chi connectivity index (χ3v) is 2.88. The minimum absolute atomic E-state index is 0.250. The van der Waals surface area contributed by atoms with E-state index in [1.807, 2.05) is 11.8 Å². The summed E-state index contributed by atoms with van der Waals surface area (Å²) in [6, 6.07) is 0.272. The van der Waals surface area contributed by atoms with Gasteiger partial charge in [0.1, 0.15) is 0 Å². The molecule has 0 heterocycles. The van der Waals surface area contributed by atoms with E-state index in [0.29, 0.717) is 5.92 Å². The van der Waals surface area contributed by atoms with Crippen LogP contribution < -0.4 is 5.32 Å². The van der Waals surface area contributed by atoms with Crippen LogP contribution in [0.2, 0.25) is 0 Å². The lowest BCUT2D eigenvalue weighted by molar-refractivity contribution is 0.211. The fraction of sp³-hybridized carbons (Fsp3) is 1.00. The quantitative estimate of drug-likeness (QED) is 0.592. The zero-order chi connectivity index (χ0) is 10.1. The summed E-state index contributed by atoms with van der Waals surface area (Å²) in [7, 11) is 0. The van der Waals surface area contributed by atoms with Crippen molar-refractivity contribution in [3.05, 3.63) is 0 Å². The van der Waals surface area contributed by atoms with Gasteiger partial charge in [0, 0.05) is 6.04 Å². The molecule has 0 aromatic heterocycles. The molecule has 80 valence electrons. The molecule has 2 nitrogen and oxygen atoms in total. The van der Waals surface area contributed by atoms with E-state index in [-0.39, 0.29) is 12.6 Å². The maximum absolute atomic E-state index is 9.03. The van der Waals surface area contributed by atoms with E-state index in [0.717, 1.165) is 6.54 Å². The smallest absolute Gasteiger partial charge is 0.0587 e. The van der Waals surface area contributed by atoms with E-state index in [2.05, 4.69) is 25.4 Å². The predicted molar refractivity (Wildman–Crippen MR) is 61.3 cm³/mol. The van der Waals surface area contributed by atoms with Gasteiger partial charge >= 0.3 is 0 Å². The summed E-state index contributed by atoms with van der Waals surface area (Å²) in [6.07, 6.45) is 4.62. The molecule has 0 aromatic rings. The Labute approximate surface area is 86.5 Å². The van der Waals surface area contributed by atoms with E-state index >= 15 is 0 Å². The van der Waals surface area contributed by atoms with Crippen molar-refractivity contribution in [1.82, 2.24) is 5.32 Å². The summed E-state index contributed by atoms with van der Waals surface area (Å²) in [6.45, 7) is 5.55. The number of hydrogen-bond donors (Lipinski definition) is 2. The Bertz CT molecular complexity index is 109. The molecule has 0 rings (SSSR count). The van der Waals surface area contributed by atoms with Gasteiger partial charge in [-0.15, -0.1) is 0 Å². The third kappa shape index (κ3) is 7.35. The fourth-order valence-corrected chi connectivity index (χ4v) is 1.66. The molecular weight excluding hydrogens is 182 g/mol. The molecule has 1 atom stereocenters. The van der Waals surface area contributed by atoms with Gasteiger partial charge in [0.2, 0.25) is 0 Å². The van der Waals surface area contributed by atoms with Crippen LogP contribution in [-0.4, -0.2) is 36.3 Å². The summed E-state index contributed by atoms with van der Waals surface area (Å²) in [5, 5.41) is 12.4. The average molecular weight is 205 g/mol. The number of unbranched alkanes of at least 4 members (excludes halogenated alkanes) is 1. The minimum atomic E-state index is 0.250. The highest BCUT2D eigenvalue weighted by Gasteiger charge is 2.09. The first-order chi connectivity index (χ1) is 6.22. The standard InChI is InChI=1S/C10H23NOS/c1-9(2)10(8-12)11-6-4-5-7-13-3/h9-12H,4-8H2,1-3H3. The second-order valence-electron chi connectivity index (χ2n) is 3.69. The highest BCUT2D eigenvalue weighted by molar-refractivity contribution is 7.98. The maximum Gasteiger partial charge on any atom is 0.0587 e. The van der Waals surface area contributed by atoms with Gasteiger partial charge in [0.25, 0.3) is 0 Å². The lowest BCUT2D eigenvalue weighted by Crippen LogP contribution is -2.37. The van der Waals surface area contributed by atoms with E-state index in [1.54, 1.807) is 0 Å². The SMILES string of the molecule is CSCCCCNC(CO)C(C)C. The normalized spacial score (nSPS) is 13.6. The Morgan fingerprint density at radius 2 is 2.00 bits per heavy atom. The second-order valence-corrected chi connectivity index (χ2v) is 4.67. The van der Waals surface area contributed by atoms with Crippen molar-refractivity contribution < 1.29 is 5.11 Å². The number of hydrogen-bond acceptors (Lipinski definition) is 3. The van der Waals surface area contributed by atoms with Crippen molar-refractivity contribution in [1.29, 1.82) is 0 Å². The number of aliphatic hydroxyl groups excluding tert-OH is 1. The predicted octanol–water partition coefficient (Wildman–Crippen LogP) is 1.74. The molecule has 0 amide bonds. The van der Waals surface area contributed by atoms with Crippen LogP contribution in [0.25, 0.3) is 0 Å². The van der Waals surface area contributed by atoms with Gasteiger partial charge in [-0.05, 0) is 37.3 Å². The molecule has 0 spiro atoms. The molecule has 0 aliphatic heterocycles. The summed E-state index contributed by atoms with van der Waals surface area (Å²) in [5.74, 6) is 1.76. The van der Waals surface area contributed by atoms with Gasteiger partial charge in [-0.3, -0.25) is 0 Å². The van der Waals surface area contributed by atoms with Gasteiger partial charge in [-0.1, -0.05) is 13.8 Å². The van der Waals surface area contributed by atoms with Crippen molar-refractivity contribution in [2.75, 3.05) is 25.2 Å². The summed E-state index contributed by atoms with van der Waals surface area (Å²) in [4.78, 5) is 0. The van der Waals surface area contributed by atoms with Crippen LogP contribution in [0.1, 0.15) is 26.7 Å². The monoisotopic (exact) mass is 205 g/mol. The van der Waals surface area contributed by atoms with E-state index in [1.165, 1.54) is 18.6 Å². The average Bonchev–Trinajstić information content (AvgIpc) is 2.10. The number of thioether (sulfide) groups is 1. The molecule has 3 heteroatoms. The molecule has 0 saturated heterocycles. The summed E-state index contributed by atoms with van der Waals surface area (Å²) >= 11 is 1.90. The fourth-order valence-electron chi connectivity index (χ4n) is 1.17. The number of aliphatic hydroxyl groups is 1. The Morgan fingerprint density at radius 1 is 1.31 bits per heavy atom. The van der Waals surface area contributed by atoms with Crippen LogP contribution in [0.5, 0.6) is 0 Å². The Morgan fingerprint density at radius 3 is 2.46 bits per heavy atom. The zero-order valence-electron chi connectivity index (χ0n) is 9.05. The topological polar surface area (TPSA) is 32.3 Å². The van der Waals surface area contributed by atoms with Crippen LogP contribution in [0, 0.1) is 5.92 Å². The molecule has 1 unspecified atom stereocenters. The molecule has 0 aromatic carbocycles. The Balaban J connectivity index is 3.28. The molecule has 0 radical (unpaired) electrons. The molecule has 13 heavy (non-hydrogen) atoms. The van der Waals surface area contributed by atoms with Crippen molar-refractivity contribution in [3.8, 4) is 0 Å². The van der Waals surface area contributed by atoms with Crippen LogP contribution in [-0.2, 0) is 0 Å². The van der Waals surface area contributed by atoms with Crippen molar-refractivity contribution in [2.45, 2.75) is 32.7 Å². The van der Waals surface area contributed by atoms with Crippen LogP contribution in [0.15, 0.2) is 0 Å². The lowest BCUT2D eigenvalue weighted by atomic mass is 10.1. The summed E-state index contributed by atoms with van der Waals surface area (Å²) < 4.78 is 0. The highest BCUT2D eigenvalue weighted by Crippen LogP contribution is 2.02. The van der Waals surface area contributed by atoms with E-state index in [9.17, 15) is 0 Å². The maximum atomic E-state index is 9.03. The lowest BCUT2D eigenvalue weighted by Gasteiger charge is -2.19. The van der Waals surface area contributed by atoms with Crippen LogP contribution in [0.3, 0.4) is 0 Å².